The van der Waals surface area contributed by atoms with Crippen molar-refractivity contribution in [3.05, 3.63) is 59.7 Å². The lowest BCUT2D eigenvalue weighted by atomic mass is 10.1. The maximum absolute atomic E-state index is 11.3. The number of nitrogens with two attached hydrogens (primary N) is 2. The zero-order valence-corrected chi connectivity index (χ0v) is 11.6. The summed E-state index contributed by atoms with van der Waals surface area (Å²) >= 11 is 0. The van der Waals surface area contributed by atoms with E-state index in [2.05, 4.69) is 5.32 Å². The van der Waals surface area contributed by atoms with Crippen molar-refractivity contribution in [2.45, 2.75) is 19.0 Å². The number of nitrogens with one attached hydrogen (secondary N) is 1. The van der Waals surface area contributed by atoms with Gasteiger partial charge >= 0.3 is 5.97 Å². The molecule has 0 fully saturated rings. The molecule has 110 valence electrons. The fourth-order valence-electron chi connectivity index (χ4n) is 2.01. The lowest BCUT2D eigenvalue weighted by Crippen LogP contribution is -2.38. The Labute approximate surface area is 123 Å². The van der Waals surface area contributed by atoms with Gasteiger partial charge in [0.1, 0.15) is 6.04 Å². The lowest BCUT2D eigenvalue weighted by molar-refractivity contribution is -0.139. The van der Waals surface area contributed by atoms with Gasteiger partial charge in [-0.2, -0.15) is 0 Å². The molecule has 0 bridgehead atoms. The van der Waals surface area contributed by atoms with Crippen LogP contribution in [0.5, 0.6) is 0 Å². The second kappa shape index (κ2) is 6.76. The molecule has 0 saturated heterocycles. The zero-order valence-electron chi connectivity index (χ0n) is 11.6. The molecule has 5 heteroatoms. The number of hydrogen-bond acceptors (Lipinski definition) is 4. The van der Waals surface area contributed by atoms with Crippen molar-refractivity contribution < 1.29 is 9.90 Å². The minimum absolute atomic E-state index is 0.407. The first-order valence-corrected chi connectivity index (χ1v) is 6.69. The van der Waals surface area contributed by atoms with Gasteiger partial charge in [-0.25, -0.2) is 0 Å². The van der Waals surface area contributed by atoms with Crippen LogP contribution in [0.4, 0.5) is 11.4 Å². The highest BCUT2D eigenvalue weighted by molar-refractivity contribution is 5.74. The zero-order chi connectivity index (χ0) is 15.2. The molecule has 0 radical (unpaired) electrons. The van der Waals surface area contributed by atoms with Crippen LogP contribution in [-0.4, -0.2) is 17.1 Å². The largest absolute Gasteiger partial charge is 0.480 e. The van der Waals surface area contributed by atoms with Crippen LogP contribution in [0.2, 0.25) is 0 Å². The van der Waals surface area contributed by atoms with Crippen molar-refractivity contribution in [1.82, 2.24) is 5.32 Å². The summed E-state index contributed by atoms with van der Waals surface area (Å²) in [6.07, 6.45) is 0.407. The van der Waals surface area contributed by atoms with Gasteiger partial charge in [-0.3, -0.25) is 4.79 Å². The molecule has 2 aromatic rings. The van der Waals surface area contributed by atoms with Gasteiger partial charge in [0.15, 0.2) is 0 Å². The van der Waals surface area contributed by atoms with E-state index in [1.54, 1.807) is 24.3 Å². The number of carboxylic acids is 1. The third-order valence-corrected chi connectivity index (χ3v) is 3.25. The molecule has 6 N–H and O–H groups in total. The summed E-state index contributed by atoms with van der Waals surface area (Å²) in [4.78, 5) is 11.3. The number of benzene rings is 2. The van der Waals surface area contributed by atoms with E-state index in [-0.39, 0.29) is 0 Å². The summed E-state index contributed by atoms with van der Waals surface area (Å²) in [6, 6.07) is 13.9. The summed E-state index contributed by atoms with van der Waals surface area (Å²) in [5, 5.41) is 12.4. The van der Waals surface area contributed by atoms with Crippen LogP contribution in [0.25, 0.3) is 0 Å². The summed E-state index contributed by atoms with van der Waals surface area (Å²) in [5.41, 5.74) is 14.5. The number of hydrogen-bond donors (Lipinski definition) is 4. The second-order valence-corrected chi connectivity index (χ2v) is 4.96. The van der Waals surface area contributed by atoms with Gasteiger partial charge in [0.25, 0.3) is 0 Å². The Morgan fingerprint density at radius 3 is 1.90 bits per heavy atom. The molecule has 0 aliphatic rings. The number of carbonyl (C=O) groups is 1. The Morgan fingerprint density at radius 1 is 0.952 bits per heavy atom. The molecule has 21 heavy (non-hydrogen) atoms. The number of aliphatic carboxylic acids is 1. The number of anilines is 2. The van der Waals surface area contributed by atoms with Gasteiger partial charge in [-0.05, 0) is 41.8 Å². The molecule has 0 aliphatic heterocycles. The van der Waals surface area contributed by atoms with Crippen LogP contribution in [0.15, 0.2) is 48.5 Å². The molecule has 1 atom stereocenters. The number of rotatable bonds is 6. The van der Waals surface area contributed by atoms with Gasteiger partial charge in [0, 0.05) is 17.9 Å². The Kier molecular flexibility index (Phi) is 4.79. The van der Waals surface area contributed by atoms with Crippen molar-refractivity contribution in [2.24, 2.45) is 0 Å². The van der Waals surface area contributed by atoms with Crippen molar-refractivity contribution in [3.63, 3.8) is 0 Å². The lowest BCUT2D eigenvalue weighted by Gasteiger charge is -2.15. The van der Waals surface area contributed by atoms with E-state index in [1.165, 1.54) is 0 Å². The van der Waals surface area contributed by atoms with Crippen LogP contribution in [0, 0.1) is 0 Å². The van der Waals surface area contributed by atoms with Gasteiger partial charge in [0.2, 0.25) is 0 Å². The predicted octanol–water partition coefficient (Wildman–Crippen LogP) is 1.64. The van der Waals surface area contributed by atoms with E-state index in [1.807, 2.05) is 24.3 Å². The second-order valence-electron chi connectivity index (χ2n) is 4.96. The monoisotopic (exact) mass is 285 g/mol. The molecule has 2 rings (SSSR count). The topological polar surface area (TPSA) is 101 Å². The van der Waals surface area contributed by atoms with E-state index in [4.69, 9.17) is 11.5 Å². The van der Waals surface area contributed by atoms with E-state index in [0.717, 1.165) is 11.1 Å². The first kappa shape index (κ1) is 14.9. The highest BCUT2D eigenvalue weighted by atomic mass is 16.4. The normalized spacial score (nSPS) is 12.0. The standard InChI is InChI=1S/C16H19N3O2/c17-13-5-1-11(2-6-13)9-15(16(20)21)19-10-12-3-7-14(18)8-4-12/h1-8,15,19H,9-10,17-18H2,(H,20,21)/t15-/m0/s1. The summed E-state index contributed by atoms with van der Waals surface area (Å²) in [7, 11) is 0. The molecular weight excluding hydrogens is 266 g/mol. The molecule has 0 unspecified atom stereocenters. The van der Waals surface area contributed by atoms with E-state index in [9.17, 15) is 9.90 Å². The summed E-state index contributed by atoms with van der Waals surface area (Å²) in [5.74, 6) is -0.873. The molecule has 0 heterocycles. The van der Waals surface area contributed by atoms with E-state index >= 15 is 0 Å². The minimum Gasteiger partial charge on any atom is -0.480 e. The minimum atomic E-state index is -0.873. The average Bonchev–Trinajstić information content (AvgIpc) is 2.47. The van der Waals surface area contributed by atoms with Gasteiger partial charge in [-0.15, -0.1) is 0 Å². The Morgan fingerprint density at radius 2 is 1.43 bits per heavy atom. The van der Waals surface area contributed by atoms with Crippen LogP contribution >= 0.6 is 0 Å². The number of carboxylic acid groups (broad SMARTS) is 1. The van der Waals surface area contributed by atoms with Gasteiger partial charge in [-0.1, -0.05) is 24.3 Å². The SMILES string of the molecule is Nc1ccc(CN[C@@H](Cc2ccc(N)cc2)C(=O)O)cc1. The molecule has 2 aromatic carbocycles. The molecular formula is C16H19N3O2. The maximum atomic E-state index is 11.3. The molecule has 0 saturated carbocycles. The van der Waals surface area contributed by atoms with Gasteiger partial charge in [0.05, 0.1) is 0 Å². The van der Waals surface area contributed by atoms with E-state index < -0.39 is 12.0 Å². The quantitative estimate of drug-likeness (QED) is 0.604. The van der Waals surface area contributed by atoms with Crippen molar-refractivity contribution in [2.75, 3.05) is 11.5 Å². The van der Waals surface area contributed by atoms with E-state index in [0.29, 0.717) is 24.3 Å². The van der Waals surface area contributed by atoms with Crippen LogP contribution in [0.1, 0.15) is 11.1 Å². The first-order valence-electron chi connectivity index (χ1n) is 6.69. The van der Waals surface area contributed by atoms with Crippen molar-refractivity contribution >= 4 is 17.3 Å². The molecule has 0 aliphatic carbocycles. The highest BCUT2D eigenvalue weighted by Gasteiger charge is 2.17. The predicted molar refractivity (Wildman–Crippen MR) is 83.7 cm³/mol. The van der Waals surface area contributed by atoms with Gasteiger partial charge < -0.3 is 21.9 Å². The summed E-state index contributed by atoms with van der Waals surface area (Å²) < 4.78 is 0. The smallest absolute Gasteiger partial charge is 0.321 e. The Balaban J connectivity index is 1.97. The van der Waals surface area contributed by atoms with Crippen LogP contribution in [0.3, 0.4) is 0 Å². The first-order chi connectivity index (χ1) is 10.0. The van der Waals surface area contributed by atoms with Crippen LogP contribution in [-0.2, 0) is 17.8 Å². The van der Waals surface area contributed by atoms with Crippen molar-refractivity contribution in [1.29, 1.82) is 0 Å². The summed E-state index contributed by atoms with van der Waals surface area (Å²) in [6.45, 7) is 0.478. The fourth-order valence-corrected chi connectivity index (χ4v) is 2.01. The Hall–Kier alpha value is -2.53. The Bertz CT molecular complexity index is 594. The average molecular weight is 285 g/mol. The highest BCUT2D eigenvalue weighted by Crippen LogP contribution is 2.10. The number of nitrogen functional groups attached to an aromatic ring is 2. The molecule has 0 spiro atoms. The van der Waals surface area contributed by atoms with Crippen molar-refractivity contribution in [3.8, 4) is 0 Å². The third-order valence-electron chi connectivity index (χ3n) is 3.25. The molecule has 0 aromatic heterocycles. The molecule has 5 nitrogen and oxygen atoms in total. The molecule has 0 amide bonds. The van der Waals surface area contributed by atoms with Crippen LogP contribution < -0.4 is 16.8 Å². The fraction of sp³-hybridized carbons (Fsp3) is 0.188. The third kappa shape index (κ3) is 4.50. The maximum Gasteiger partial charge on any atom is 0.321 e.